The number of para-hydroxylation sites is 1. The van der Waals surface area contributed by atoms with Gasteiger partial charge in [0.2, 0.25) is 0 Å². The van der Waals surface area contributed by atoms with Crippen molar-refractivity contribution in [3.05, 3.63) is 111 Å². The first-order valence-electron chi connectivity index (χ1n) is 10.3. The van der Waals surface area contributed by atoms with Gasteiger partial charge in [-0.3, -0.25) is 9.20 Å². The number of fused-ring (bicyclic) bond motifs is 2. The number of carbonyl (C=O) groups is 1. The highest BCUT2D eigenvalue weighted by Crippen LogP contribution is 2.30. The molecule has 0 amide bonds. The van der Waals surface area contributed by atoms with Crippen LogP contribution in [0, 0.1) is 6.92 Å². The molecule has 3 aromatic heterocycles. The average molecular weight is 500 g/mol. The number of hydrogen-bond acceptors (Lipinski definition) is 5. The normalized spacial score (nSPS) is 11.1. The van der Waals surface area contributed by atoms with Crippen LogP contribution in [0.15, 0.2) is 88.3 Å². The second kappa shape index (κ2) is 8.60. The van der Waals surface area contributed by atoms with Crippen LogP contribution in [0.2, 0.25) is 0 Å². The van der Waals surface area contributed by atoms with E-state index < -0.39 is 5.97 Å². The Morgan fingerprint density at radius 2 is 1.76 bits per heavy atom. The molecule has 0 aliphatic rings. The molecule has 0 N–H and O–H groups in total. The van der Waals surface area contributed by atoms with Crippen molar-refractivity contribution in [2.45, 2.75) is 13.5 Å². The largest absolute Gasteiger partial charge is 0.456 e. The Balaban J connectivity index is 1.52. The molecule has 0 saturated heterocycles. The number of pyridine rings is 2. The molecule has 5 aromatic rings. The maximum absolute atomic E-state index is 13.3. The van der Waals surface area contributed by atoms with Crippen LogP contribution in [0.25, 0.3) is 27.8 Å². The Hall–Kier alpha value is -3.84. The van der Waals surface area contributed by atoms with Crippen molar-refractivity contribution < 1.29 is 9.53 Å². The summed E-state index contributed by atoms with van der Waals surface area (Å²) in [5.41, 5.74) is 4.18. The second-order valence-corrected chi connectivity index (χ2v) is 8.50. The zero-order valence-corrected chi connectivity index (χ0v) is 19.2. The highest BCUT2D eigenvalue weighted by Gasteiger charge is 2.20. The monoisotopic (exact) mass is 499 g/mol. The molecule has 33 heavy (non-hydrogen) atoms. The Kier molecular flexibility index (Phi) is 5.48. The van der Waals surface area contributed by atoms with Gasteiger partial charge in [0.05, 0.1) is 22.5 Å². The average Bonchev–Trinajstić information content (AvgIpc) is 2.83. The summed E-state index contributed by atoms with van der Waals surface area (Å²) < 4.78 is 7.84. The highest BCUT2D eigenvalue weighted by atomic mass is 79.9. The first kappa shape index (κ1) is 21.0. The van der Waals surface area contributed by atoms with Gasteiger partial charge in [0.25, 0.3) is 5.56 Å². The maximum Gasteiger partial charge on any atom is 0.339 e. The number of benzene rings is 2. The molecule has 0 bridgehead atoms. The van der Waals surface area contributed by atoms with E-state index in [-0.39, 0.29) is 12.2 Å². The molecule has 0 unspecified atom stereocenters. The summed E-state index contributed by atoms with van der Waals surface area (Å²) in [6.07, 6.45) is 1.65. The van der Waals surface area contributed by atoms with Crippen molar-refractivity contribution in [2.24, 2.45) is 0 Å². The van der Waals surface area contributed by atoms with Crippen LogP contribution < -0.4 is 5.56 Å². The maximum atomic E-state index is 13.3. The van der Waals surface area contributed by atoms with Gasteiger partial charge in [0.15, 0.2) is 0 Å². The van der Waals surface area contributed by atoms with Gasteiger partial charge in [-0.1, -0.05) is 48.5 Å². The quantitative estimate of drug-likeness (QED) is 0.312. The number of esters is 1. The molecular weight excluding hydrogens is 482 g/mol. The van der Waals surface area contributed by atoms with Crippen LogP contribution in [0.4, 0.5) is 0 Å². The molecule has 6 nitrogen and oxygen atoms in total. The Bertz CT molecular complexity index is 1580. The Morgan fingerprint density at radius 3 is 2.58 bits per heavy atom. The van der Waals surface area contributed by atoms with Gasteiger partial charge >= 0.3 is 5.97 Å². The van der Waals surface area contributed by atoms with Gasteiger partial charge < -0.3 is 4.74 Å². The number of carbonyl (C=O) groups excluding carboxylic acids is 1. The van der Waals surface area contributed by atoms with Gasteiger partial charge in [-0.2, -0.15) is 0 Å². The summed E-state index contributed by atoms with van der Waals surface area (Å²) in [5.74, 6) is -0.485. The van der Waals surface area contributed by atoms with Crippen molar-refractivity contribution in [2.75, 3.05) is 0 Å². The summed E-state index contributed by atoms with van der Waals surface area (Å²) in [7, 11) is 0. The zero-order valence-electron chi connectivity index (χ0n) is 17.7. The molecule has 3 heterocycles. The van der Waals surface area contributed by atoms with Gasteiger partial charge in [-0.15, -0.1) is 0 Å². The predicted molar refractivity (Wildman–Crippen MR) is 130 cm³/mol. The molecule has 162 valence electrons. The number of rotatable bonds is 4. The molecule has 0 saturated carbocycles. The minimum Gasteiger partial charge on any atom is -0.456 e. The van der Waals surface area contributed by atoms with Crippen LogP contribution in [-0.2, 0) is 11.3 Å². The Labute approximate surface area is 197 Å². The highest BCUT2D eigenvalue weighted by molar-refractivity contribution is 9.10. The number of ether oxygens (including phenoxy) is 1. The number of nitrogens with zero attached hydrogens (tertiary/aromatic N) is 3. The van der Waals surface area contributed by atoms with Crippen molar-refractivity contribution >= 4 is 38.4 Å². The molecule has 0 fully saturated rings. The fourth-order valence-electron chi connectivity index (χ4n) is 3.86. The van der Waals surface area contributed by atoms with Crippen LogP contribution >= 0.6 is 15.9 Å². The topological polar surface area (TPSA) is 73.6 Å². The third kappa shape index (κ3) is 4.03. The summed E-state index contributed by atoms with van der Waals surface area (Å²) in [5, 5.41) is 0.719. The smallest absolute Gasteiger partial charge is 0.339 e. The van der Waals surface area contributed by atoms with E-state index in [9.17, 15) is 9.59 Å². The van der Waals surface area contributed by atoms with E-state index in [1.54, 1.807) is 18.3 Å². The minimum atomic E-state index is -0.485. The predicted octanol–water partition coefficient (Wildman–Crippen LogP) is 5.34. The first-order valence-corrected chi connectivity index (χ1v) is 11.1. The molecule has 0 spiro atoms. The minimum absolute atomic E-state index is 0.114. The van der Waals surface area contributed by atoms with Gasteiger partial charge in [-0.25, -0.2) is 14.8 Å². The van der Waals surface area contributed by atoms with E-state index in [1.807, 2.05) is 61.5 Å². The van der Waals surface area contributed by atoms with E-state index in [4.69, 9.17) is 9.72 Å². The van der Waals surface area contributed by atoms with E-state index in [0.717, 1.165) is 26.7 Å². The second-order valence-electron chi connectivity index (χ2n) is 7.58. The van der Waals surface area contributed by atoms with Crippen molar-refractivity contribution in [3.63, 3.8) is 0 Å². The van der Waals surface area contributed by atoms with E-state index in [0.29, 0.717) is 22.4 Å². The van der Waals surface area contributed by atoms with Crippen LogP contribution in [-0.4, -0.2) is 20.3 Å². The van der Waals surface area contributed by atoms with Crippen LogP contribution in [0.5, 0.6) is 0 Å². The summed E-state index contributed by atoms with van der Waals surface area (Å²) in [4.78, 5) is 34.9. The number of hydrogen-bond donors (Lipinski definition) is 0. The van der Waals surface area contributed by atoms with Gasteiger partial charge in [0.1, 0.15) is 12.3 Å². The summed E-state index contributed by atoms with van der Waals surface area (Å²) in [6.45, 7) is 1.76. The van der Waals surface area contributed by atoms with Crippen molar-refractivity contribution in [1.29, 1.82) is 0 Å². The fourth-order valence-corrected chi connectivity index (χ4v) is 4.20. The molecule has 0 aliphatic heterocycles. The molecular formula is C26H18BrN3O3. The lowest BCUT2D eigenvalue weighted by Gasteiger charge is -2.14. The third-order valence-corrected chi connectivity index (χ3v) is 5.88. The summed E-state index contributed by atoms with van der Waals surface area (Å²) >= 11 is 3.35. The molecule has 5 rings (SSSR count). The molecule has 0 radical (unpaired) electrons. The van der Waals surface area contributed by atoms with Crippen molar-refractivity contribution in [3.8, 4) is 11.3 Å². The SMILES string of the molecule is Cc1c(-c2ccccc2)nc2ccccc2c1C(=O)OCc1cc(=O)n2cc(Br)ccc2n1. The van der Waals surface area contributed by atoms with Crippen LogP contribution in [0.1, 0.15) is 21.6 Å². The molecule has 2 aromatic carbocycles. The van der Waals surface area contributed by atoms with Crippen LogP contribution in [0.3, 0.4) is 0 Å². The van der Waals surface area contributed by atoms with E-state index in [1.165, 1.54) is 10.5 Å². The standard InChI is InChI=1S/C26H18BrN3O3/c1-16-24(20-9-5-6-10-21(20)29-25(16)17-7-3-2-4-8-17)26(32)33-15-19-13-23(31)30-14-18(27)11-12-22(30)28-19/h2-14H,15H2,1H3. The first-order chi connectivity index (χ1) is 16.0. The third-order valence-electron chi connectivity index (χ3n) is 5.41. The van der Waals surface area contributed by atoms with E-state index >= 15 is 0 Å². The lowest BCUT2D eigenvalue weighted by molar-refractivity contribution is 0.0469. The summed E-state index contributed by atoms with van der Waals surface area (Å²) in [6, 6.07) is 22.1. The molecule has 0 atom stereocenters. The van der Waals surface area contributed by atoms with Gasteiger partial charge in [-0.05, 0) is 46.6 Å². The number of halogens is 1. The molecule has 0 aliphatic carbocycles. The van der Waals surface area contributed by atoms with Crippen molar-refractivity contribution in [1.82, 2.24) is 14.4 Å². The number of aromatic nitrogens is 3. The van der Waals surface area contributed by atoms with E-state index in [2.05, 4.69) is 20.9 Å². The zero-order chi connectivity index (χ0) is 22.9. The molecule has 7 heteroatoms. The fraction of sp³-hybridized carbons (Fsp3) is 0.0769. The lowest BCUT2D eigenvalue weighted by Crippen LogP contribution is -2.17. The Morgan fingerprint density at radius 1 is 1.00 bits per heavy atom. The van der Waals surface area contributed by atoms with Gasteiger partial charge in [0, 0.05) is 27.7 Å². The lowest BCUT2D eigenvalue weighted by atomic mass is 9.98.